The maximum atomic E-state index is 6.01. The van der Waals surface area contributed by atoms with E-state index < -0.39 is 0 Å². The Bertz CT molecular complexity index is 700. The third-order valence-electron chi connectivity index (χ3n) is 4.36. The van der Waals surface area contributed by atoms with Crippen LogP contribution < -0.4 is 0 Å². The molecule has 1 heterocycles. The molecule has 19 heavy (non-hydrogen) atoms. The Labute approximate surface area is 113 Å². The van der Waals surface area contributed by atoms with Crippen LogP contribution in [0.5, 0.6) is 0 Å². The summed E-state index contributed by atoms with van der Waals surface area (Å²) >= 11 is 0. The van der Waals surface area contributed by atoms with Crippen molar-refractivity contribution in [2.75, 3.05) is 0 Å². The van der Waals surface area contributed by atoms with Crippen LogP contribution in [0.1, 0.15) is 47.6 Å². The molecule has 1 aromatic heterocycles. The molecule has 2 aliphatic rings. The first-order chi connectivity index (χ1) is 9.33. The van der Waals surface area contributed by atoms with E-state index in [0.29, 0.717) is 5.92 Å². The molecule has 4 rings (SSSR count). The highest BCUT2D eigenvalue weighted by Gasteiger charge is 2.21. The van der Waals surface area contributed by atoms with E-state index in [-0.39, 0.29) is 0 Å². The van der Waals surface area contributed by atoms with E-state index in [1.165, 1.54) is 41.3 Å². The van der Waals surface area contributed by atoms with Gasteiger partial charge in [0.05, 0.1) is 0 Å². The lowest BCUT2D eigenvalue weighted by Gasteiger charge is -2.18. The zero-order chi connectivity index (χ0) is 12.8. The Hall–Kier alpha value is -1.76. The Morgan fingerprint density at radius 2 is 2.16 bits per heavy atom. The predicted octanol–water partition coefficient (Wildman–Crippen LogP) is 5.13. The Balaban J connectivity index is 1.98. The number of hydrogen-bond acceptors (Lipinski definition) is 1. The molecular formula is C18H18O. The van der Waals surface area contributed by atoms with Crippen LogP contribution in [0.15, 0.2) is 34.8 Å². The summed E-state index contributed by atoms with van der Waals surface area (Å²) in [4.78, 5) is 0. The van der Waals surface area contributed by atoms with Gasteiger partial charge < -0.3 is 4.42 Å². The van der Waals surface area contributed by atoms with Gasteiger partial charge in [-0.2, -0.15) is 0 Å². The minimum atomic E-state index is 0.535. The molecule has 1 nitrogen and oxygen atoms in total. The molecule has 2 aliphatic carbocycles. The van der Waals surface area contributed by atoms with E-state index in [2.05, 4.69) is 36.4 Å². The Morgan fingerprint density at radius 1 is 1.21 bits per heavy atom. The average Bonchev–Trinajstić information content (AvgIpc) is 3.03. The van der Waals surface area contributed by atoms with Gasteiger partial charge in [-0.25, -0.2) is 0 Å². The van der Waals surface area contributed by atoms with Gasteiger partial charge in [0.15, 0.2) is 0 Å². The van der Waals surface area contributed by atoms with Gasteiger partial charge in [0.1, 0.15) is 11.3 Å². The number of furan rings is 1. The van der Waals surface area contributed by atoms with Crippen molar-refractivity contribution in [1.29, 1.82) is 0 Å². The normalized spacial score (nSPS) is 21.2. The summed E-state index contributed by atoms with van der Waals surface area (Å²) in [6, 6.07) is 4.57. The highest BCUT2D eigenvalue weighted by Crippen LogP contribution is 2.39. The molecule has 0 bridgehead atoms. The van der Waals surface area contributed by atoms with Gasteiger partial charge in [0.2, 0.25) is 0 Å². The first-order valence-electron chi connectivity index (χ1n) is 7.22. The molecule has 1 unspecified atom stereocenters. The molecule has 0 spiro atoms. The molecule has 0 aliphatic heterocycles. The van der Waals surface area contributed by atoms with Gasteiger partial charge in [-0.05, 0) is 49.8 Å². The first kappa shape index (κ1) is 11.1. The lowest BCUT2D eigenvalue weighted by Crippen LogP contribution is -2.01. The topological polar surface area (TPSA) is 13.1 Å². The van der Waals surface area contributed by atoms with Crippen molar-refractivity contribution in [2.45, 2.75) is 38.5 Å². The van der Waals surface area contributed by atoms with Gasteiger partial charge in [-0.3, -0.25) is 0 Å². The van der Waals surface area contributed by atoms with Crippen molar-refractivity contribution < 1.29 is 4.42 Å². The van der Waals surface area contributed by atoms with Crippen LogP contribution >= 0.6 is 0 Å². The SMILES string of the molecule is Cc1cc2c3c(cc(C4C=CCCC4)c2o1)CC=C3. The molecule has 0 saturated heterocycles. The van der Waals surface area contributed by atoms with Gasteiger partial charge in [-0.1, -0.05) is 30.4 Å². The van der Waals surface area contributed by atoms with Gasteiger partial charge >= 0.3 is 0 Å². The van der Waals surface area contributed by atoms with Crippen LogP contribution in [0.3, 0.4) is 0 Å². The minimum absolute atomic E-state index is 0.535. The summed E-state index contributed by atoms with van der Waals surface area (Å²) in [6.07, 6.45) is 14.0. The summed E-state index contributed by atoms with van der Waals surface area (Å²) in [5, 5.41) is 1.30. The number of aryl methyl sites for hydroxylation is 1. The first-order valence-corrected chi connectivity index (χ1v) is 7.22. The smallest absolute Gasteiger partial charge is 0.138 e. The molecule has 2 aromatic rings. The second-order valence-corrected chi connectivity index (χ2v) is 5.71. The van der Waals surface area contributed by atoms with E-state index in [1.54, 1.807) is 0 Å². The van der Waals surface area contributed by atoms with Crippen LogP contribution in [-0.2, 0) is 6.42 Å². The zero-order valence-corrected chi connectivity index (χ0v) is 11.3. The molecular weight excluding hydrogens is 232 g/mol. The second kappa shape index (κ2) is 4.12. The molecule has 0 N–H and O–H groups in total. The predicted molar refractivity (Wildman–Crippen MR) is 79.4 cm³/mol. The van der Waals surface area contributed by atoms with Gasteiger partial charge in [-0.15, -0.1) is 0 Å². The van der Waals surface area contributed by atoms with E-state index >= 15 is 0 Å². The molecule has 0 radical (unpaired) electrons. The number of rotatable bonds is 1. The fraction of sp³-hybridized carbons (Fsp3) is 0.333. The molecule has 0 amide bonds. The fourth-order valence-electron chi connectivity index (χ4n) is 3.45. The van der Waals surface area contributed by atoms with Gasteiger partial charge in [0.25, 0.3) is 0 Å². The van der Waals surface area contributed by atoms with E-state index in [1.807, 2.05) is 6.92 Å². The quantitative estimate of drug-likeness (QED) is 0.639. The zero-order valence-electron chi connectivity index (χ0n) is 11.3. The molecule has 1 atom stereocenters. The molecule has 1 heteroatoms. The third kappa shape index (κ3) is 1.68. The van der Waals surface area contributed by atoms with Crippen LogP contribution in [-0.4, -0.2) is 0 Å². The van der Waals surface area contributed by atoms with Crippen molar-refractivity contribution in [3.63, 3.8) is 0 Å². The van der Waals surface area contributed by atoms with Crippen LogP contribution in [0.4, 0.5) is 0 Å². The van der Waals surface area contributed by atoms with E-state index in [4.69, 9.17) is 4.42 Å². The van der Waals surface area contributed by atoms with Crippen LogP contribution in [0, 0.1) is 6.92 Å². The van der Waals surface area contributed by atoms with E-state index in [9.17, 15) is 0 Å². The van der Waals surface area contributed by atoms with Crippen molar-refractivity contribution >= 4 is 17.0 Å². The summed E-state index contributed by atoms with van der Waals surface area (Å²) in [5.41, 5.74) is 5.33. The minimum Gasteiger partial charge on any atom is -0.461 e. The summed E-state index contributed by atoms with van der Waals surface area (Å²) in [6.45, 7) is 2.05. The maximum Gasteiger partial charge on any atom is 0.138 e. The monoisotopic (exact) mass is 250 g/mol. The summed E-state index contributed by atoms with van der Waals surface area (Å²) in [7, 11) is 0. The number of hydrogen-bond donors (Lipinski definition) is 0. The maximum absolute atomic E-state index is 6.01. The van der Waals surface area contributed by atoms with Crippen molar-refractivity contribution in [1.82, 2.24) is 0 Å². The lowest BCUT2D eigenvalue weighted by molar-refractivity contribution is 0.566. The van der Waals surface area contributed by atoms with Crippen molar-refractivity contribution in [3.8, 4) is 0 Å². The average molecular weight is 250 g/mol. The highest BCUT2D eigenvalue weighted by molar-refractivity contribution is 5.93. The van der Waals surface area contributed by atoms with Crippen LogP contribution in [0.2, 0.25) is 0 Å². The number of allylic oxidation sites excluding steroid dienone is 3. The van der Waals surface area contributed by atoms with Crippen LogP contribution in [0.25, 0.3) is 17.0 Å². The van der Waals surface area contributed by atoms with Crippen molar-refractivity contribution in [3.05, 3.63) is 52.8 Å². The summed E-state index contributed by atoms with van der Waals surface area (Å²) in [5.74, 6) is 1.55. The number of benzene rings is 1. The fourth-order valence-corrected chi connectivity index (χ4v) is 3.45. The molecule has 96 valence electrons. The largest absolute Gasteiger partial charge is 0.461 e. The van der Waals surface area contributed by atoms with E-state index in [0.717, 1.165) is 17.8 Å². The standard InChI is InChI=1S/C18H18O/c1-12-10-17-15-9-5-8-14(15)11-16(18(17)19-12)13-6-3-2-4-7-13/h3,5-6,9-11,13H,2,4,7-8H2,1H3. The highest BCUT2D eigenvalue weighted by atomic mass is 16.3. The van der Waals surface area contributed by atoms with Crippen molar-refractivity contribution in [2.24, 2.45) is 0 Å². The third-order valence-corrected chi connectivity index (χ3v) is 4.36. The lowest BCUT2D eigenvalue weighted by atomic mass is 9.86. The molecule has 0 fully saturated rings. The second-order valence-electron chi connectivity index (χ2n) is 5.71. The summed E-state index contributed by atoms with van der Waals surface area (Å²) < 4.78 is 6.01. The molecule has 1 aromatic carbocycles. The molecule has 0 saturated carbocycles. The number of fused-ring (bicyclic) bond motifs is 3. The van der Waals surface area contributed by atoms with Gasteiger partial charge in [0, 0.05) is 16.9 Å². The Kier molecular flexibility index (Phi) is 2.41. The Morgan fingerprint density at radius 3 is 3.00 bits per heavy atom.